The molecule has 1 atom stereocenters. The highest BCUT2D eigenvalue weighted by atomic mass is 32.2. The standard InChI is InChI=1S/C18H16N4O4S3/c1-27-18-21-20-17(28-18)19-16(23)15-11-22(13-9-5-6-10-14(13)26-15)29(24,25)12-7-3-2-4-8-12/h2-10,15H,11H2,1H3,(H,19,20,23)/t15-/m0/s1. The van der Waals surface area contributed by atoms with Gasteiger partial charge in [0.2, 0.25) is 5.13 Å². The zero-order valence-electron chi connectivity index (χ0n) is 15.2. The third kappa shape index (κ3) is 3.93. The fourth-order valence-corrected chi connectivity index (χ4v) is 5.48. The number of sulfonamides is 1. The average molecular weight is 449 g/mol. The summed E-state index contributed by atoms with van der Waals surface area (Å²) in [5.74, 6) is -0.169. The van der Waals surface area contributed by atoms with Crippen LogP contribution in [0.15, 0.2) is 63.8 Å². The summed E-state index contributed by atoms with van der Waals surface area (Å²) >= 11 is 2.65. The summed E-state index contributed by atoms with van der Waals surface area (Å²) < 4.78 is 34.2. The number of amides is 1. The number of nitrogens with one attached hydrogen (secondary N) is 1. The first-order chi connectivity index (χ1) is 14.0. The molecule has 0 aliphatic carbocycles. The number of para-hydroxylation sites is 2. The zero-order valence-corrected chi connectivity index (χ0v) is 17.6. The molecule has 11 heteroatoms. The Labute approximate surface area is 176 Å². The Morgan fingerprint density at radius 2 is 1.90 bits per heavy atom. The molecule has 0 radical (unpaired) electrons. The van der Waals surface area contributed by atoms with E-state index in [1.807, 2.05) is 6.26 Å². The lowest BCUT2D eigenvalue weighted by Crippen LogP contribution is -2.48. The Morgan fingerprint density at radius 3 is 2.62 bits per heavy atom. The lowest BCUT2D eigenvalue weighted by atomic mass is 10.2. The number of carbonyl (C=O) groups excluding carboxylic acids is 1. The van der Waals surface area contributed by atoms with Gasteiger partial charge in [-0.05, 0) is 30.5 Å². The van der Waals surface area contributed by atoms with Gasteiger partial charge < -0.3 is 4.74 Å². The van der Waals surface area contributed by atoms with Crippen molar-refractivity contribution in [3.8, 4) is 5.75 Å². The quantitative estimate of drug-likeness (QED) is 0.473. The molecule has 8 nitrogen and oxygen atoms in total. The molecule has 1 aliphatic rings. The molecule has 1 aromatic heterocycles. The van der Waals surface area contributed by atoms with E-state index in [1.54, 1.807) is 42.5 Å². The van der Waals surface area contributed by atoms with Crippen molar-refractivity contribution < 1.29 is 17.9 Å². The van der Waals surface area contributed by atoms with E-state index in [0.29, 0.717) is 20.9 Å². The molecule has 2 heterocycles. The first-order valence-corrected chi connectivity index (χ1v) is 12.0. The summed E-state index contributed by atoms with van der Waals surface area (Å²) in [5, 5.41) is 10.8. The number of ether oxygens (including phenoxy) is 1. The summed E-state index contributed by atoms with van der Waals surface area (Å²) in [6.45, 7) is -0.158. The van der Waals surface area contributed by atoms with Crippen LogP contribution in [-0.2, 0) is 14.8 Å². The Morgan fingerprint density at radius 1 is 1.17 bits per heavy atom. The van der Waals surface area contributed by atoms with Crippen LogP contribution in [0, 0.1) is 0 Å². The Kier molecular flexibility index (Phi) is 5.43. The molecule has 1 amide bonds. The lowest BCUT2D eigenvalue weighted by molar-refractivity contribution is -0.122. The number of carbonyl (C=O) groups is 1. The smallest absolute Gasteiger partial charge is 0.269 e. The SMILES string of the molecule is CSc1nnc(NC(=O)[C@@H]2CN(S(=O)(=O)c3ccccc3)c3ccccc3O2)s1. The molecular weight excluding hydrogens is 432 g/mol. The number of fused-ring (bicyclic) bond motifs is 1. The maximum Gasteiger partial charge on any atom is 0.269 e. The molecule has 4 rings (SSSR count). The fourth-order valence-electron chi connectivity index (χ4n) is 2.81. The Hall–Kier alpha value is -2.63. The van der Waals surface area contributed by atoms with Crippen LogP contribution in [0.5, 0.6) is 5.75 Å². The Balaban J connectivity index is 1.65. The largest absolute Gasteiger partial charge is 0.476 e. The summed E-state index contributed by atoms with van der Waals surface area (Å²) in [7, 11) is -3.87. The van der Waals surface area contributed by atoms with Gasteiger partial charge in [-0.2, -0.15) is 0 Å². The first-order valence-electron chi connectivity index (χ1n) is 8.51. The molecule has 3 aromatic rings. The molecule has 1 aliphatic heterocycles. The molecule has 0 fully saturated rings. The van der Waals surface area contributed by atoms with Gasteiger partial charge in [-0.1, -0.05) is 53.4 Å². The average Bonchev–Trinajstić information content (AvgIpc) is 3.21. The van der Waals surface area contributed by atoms with Crippen molar-refractivity contribution in [2.24, 2.45) is 0 Å². The van der Waals surface area contributed by atoms with E-state index in [-0.39, 0.29) is 11.4 Å². The van der Waals surface area contributed by atoms with E-state index in [4.69, 9.17) is 4.74 Å². The van der Waals surface area contributed by atoms with Crippen molar-refractivity contribution >= 4 is 49.8 Å². The summed E-state index contributed by atoms with van der Waals surface area (Å²) in [5.41, 5.74) is 0.390. The van der Waals surface area contributed by atoms with Gasteiger partial charge >= 0.3 is 0 Å². The zero-order chi connectivity index (χ0) is 20.4. The number of hydrogen-bond acceptors (Lipinski definition) is 8. The van der Waals surface area contributed by atoms with E-state index >= 15 is 0 Å². The van der Waals surface area contributed by atoms with E-state index in [1.165, 1.54) is 39.5 Å². The summed E-state index contributed by atoms with van der Waals surface area (Å²) in [6, 6.07) is 14.8. The van der Waals surface area contributed by atoms with Gasteiger partial charge in [-0.25, -0.2) is 8.42 Å². The van der Waals surface area contributed by atoms with Gasteiger partial charge in [-0.3, -0.25) is 14.4 Å². The maximum atomic E-state index is 13.2. The number of anilines is 2. The third-order valence-electron chi connectivity index (χ3n) is 4.17. The molecule has 150 valence electrons. The van der Waals surface area contributed by atoms with Crippen LogP contribution < -0.4 is 14.4 Å². The molecule has 0 unspecified atom stereocenters. The molecule has 1 N–H and O–H groups in total. The van der Waals surface area contributed by atoms with Crippen LogP contribution in [0.3, 0.4) is 0 Å². The van der Waals surface area contributed by atoms with Crippen LogP contribution in [-0.4, -0.2) is 43.4 Å². The van der Waals surface area contributed by atoms with Crippen LogP contribution >= 0.6 is 23.1 Å². The Bertz CT molecular complexity index is 1130. The number of aromatic nitrogens is 2. The highest BCUT2D eigenvalue weighted by Gasteiger charge is 2.37. The molecule has 0 bridgehead atoms. The first kappa shape index (κ1) is 19.7. The number of benzene rings is 2. The van der Waals surface area contributed by atoms with Gasteiger partial charge in [0.05, 0.1) is 17.1 Å². The van der Waals surface area contributed by atoms with Crippen molar-refractivity contribution in [2.45, 2.75) is 15.3 Å². The predicted octanol–water partition coefficient (Wildman–Crippen LogP) is 2.86. The summed E-state index contributed by atoms with van der Waals surface area (Å²) in [6.07, 6.45) is 0.824. The molecular formula is C18H16N4O4S3. The second kappa shape index (κ2) is 8.01. The van der Waals surface area contributed by atoms with Crippen molar-refractivity contribution in [3.63, 3.8) is 0 Å². The number of hydrogen-bond donors (Lipinski definition) is 1. The van der Waals surface area contributed by atoms with Crippen molar-refractivity contribution in [1.82, 2.24) is 10.2 Å². The normalized spacial score (nSPS) is 16.0. The van der Waals surface area contributed by atoms with Crippen LogP contribution in [0.25, 0.3) is 0 Å². The summed E-state index contributed by atoms with van der Waals surface area (Å²) in [4.78, 5) is 12.9. The molecule has 0 saturated heterocycles. The van der Waals surface area contributed by atoms with Crippen LogP contribution in [0.4, 0.5) is 10.8 Å². The van der Waals surface area contributed by atoms with Gasteiger partial charge in [0.25, 0.3) is 15.9 Å². The minimum Gasteiger partial charge on any atom is -0.476 e. The van der Waals surface area contributed by atoms with E-state index in [0.717, 1.165) is 0 Å². The highest BCUT2D eigenvalue weighted by molar-refractivity contribution is 8.00. The number of rotatable bonds is 5. The highest BCUT2D eigenvalue weighted by Crippen LogP contribution is 2.37. The van der Waals surface area contributed by atoms with E-state index < -0.39 is 22.0 Å². The molecule has 29 heavy (non-hydrogen) atoms. The van der Waals surface area contributed by atoms with Gasteiger partial charge in [-0.15, -0.1) is 10.2 Å². The minimum atomic E-state index is -3.87. The fraction of sp³-hybridized carbons (Fsp3) is 0.167. The second-order valence-electron chi connectivity index (χ2n) is 5.99. The van der Waals surface area contributed by atoms with Crippen LogP contribution in [0.2, 0.25) is 0 Å². The predicted molar refractivity (Wildman–Crippen MR) is 112 cm³/mol. The molecule has 0 saturated carbocycles. The topological polar surface area (TPSA) is 101 Å². The van der Waals surface area contributed by atoms with E-state index in [9.17, 15) is 13.2 Å². The van der Waals surface area contributed by atoms with Crippen molar-refractivity contribution in [2.75, 3.05) is 22.4 Å². The van der Waals surface area contributed by atoms with Gasteiger partial charge in [0, 0.05) is 0 Å². The third-order valence-corrected chi connectivity index (χ3v) is 7.78. The monoisotopic (exact) mass is 448 g/mol. The number of thioether (sulfide) groups is 1. The second-order valence-corrected chi connectivity index (χ2v) is 9.88. The van der Waals surface area contributed by atoms with Crippen LogP contribution in [0.1, 0.15) is 0 Å². The molecule has 0 spiro atoms. The minimum absolute atomic E-state index is 0.143. The van der Waals surface area contributed by atoms with Gasteiger partial charge in [0.15, 0.2) is 10.4 Å². The lowest BCUT2D eigenvalue weighted by Gasteiger charge is -2.34. The maximum absolute atomic E-state index is 13.2. The van der Waals surface area contributed by atoms with Crippen molar-refractivity contribution in [1.29, 1.82) is 0 Å². The molecule has 2 aromatic carbocycles. The van der Waals surface area contributed by atoms with Crippen molar-refractivity contribution in [3.05, 3.63) is 54.6 Å². The van der Waals surface area contributed by atoms with E-state index in [2.05, 4.69) is 15.5 Å². The number of nitrogens with zero attached hydrogens (tertiary/aromatic N) is 3. The van der Waals surface area contributed by atoms with Gasteiger partial charge in [0.1, 0.15) is 5.75 Å².